The van der Waals surface area contributed by atoms with Gasteiger partial charge in [0.2, 0.25) is 0 Å². The van der Waals surface area contributed by atoms with E-state index in [1.165, 1.54) is 12.0 Å². The van der Waals surface area contributed by atoms with E-state index in [4.69, 9.17) is 0 Å². The van der Waals surface area contributed by atoms with Gasteiger partial charge in [0.25, 0.3) is 0 Å². The van der Waals surface area contributed by atoms with Crippen molar-refractivity contribution in [1.82, 2.24) is 0 Å². The number of carbonyl (C=O) groups excluding carboxylic acids is 1. The van der Waals surface area contributed by atoms with Crippen LogP contribution in [0.15, 0.2) is 36.0 Å². The fourth-order valence-electron chi connectivity index (χ4n) is 1.51. The molecule has 2 atom stereocenters. The summed E-state index contributed by atoms with van der Waals surface area (Å²) >= 11 is 0. The van der Waals surface area contributed by atoms with Gasteiger partial charge in [-0.05, 0) is 36.8 Å². The third-order valence-electron chi connectivity index (χ3n) is 2.34. The summed E-state index contributed by atoms with van der Waals surface area (Å²) in [6, 6.07) is 0. The van der Waals surface area contributed by atoms with Gasteiger partial charge >= 0.3 is 0 Å². The molecule has 0 aromatic rings. The maximum atomic E-state index is 10.6. The molecule has 1 heteroatoms. The molecule has 0 radical (unpaired) electrons. The van der Waals surface area contributed by atoms with E-state index in [0.29, 0.717) is 0 Å². The lowest BCUT2D eigenvalue weighted by atomic mass is 10.1. The van der Waals surface area contributed by atoms with Crippen LogP contribution >= 0.6 is 0 Å². The predicted molar refractivity (Wildman–Crippen MR) is 48.6 cm³/mol. The standard InChI is InChI=1S/C11H12O/c1-8(12)2-3-9-4-5-10-7-11(10)6-9/h2-6,10-11H,7H2,1H3/b3-2+. The van der Waals surface area contributed by atoms with Crippen LogP contribution in [0.5, 0.6) is 0 Å². The lowest BCUT2D eigenvalue weighted by molar-refractivity contribution is -0.112. The first-order valence-electron chi connectivity index (χ1n) is 4.34. The van der Waals surface area contributed by atoms with Crippen LogP contribution in [0.1, 0.15) is 13.3 Å². The largest absolute Gasteiger partial charge is 0.295 e. The van der Waals surface area contributed by atoms with Gasteiger partial charge < -0.3 is 0 Å². The van der Waals surface area contributed by atoms with E-state index in [1.807, 2.05) is 6.08 Å². The summed E-state index contributed by atoms with van der Waals surface area (Å²) in [6.45, 7) is 1.57. The zero-order valence-electron chi connectivity index (χ0n) is 7.16. The summed E-state index contributed by atoms with van der Waals surface area (Å²) in [5, 5.41) is 0. The van der Waals surface area contributed by atoms with Crippen LogP contribution in [-0.4, -0.2) is 5.78 Å². The molecule has 62 valence electrons. The molecule has 0 spiro atoms. The number of hydrogen-bond donors (Lipinski definition) is 0. The van der Waals surface area contributed by atoms with Gasteiger partial charge in [-0.1, -0.05) is 24.3 Å². The highest BCUT2D eigenvalue weighted by molar-refractivity contribution is 5.87. The molecule has 0 aromatic carbocycles. The Bertz CT molecular complexity index is 294. The molecule has 0 heterocycles. The fraction of sp³-hybridized carbons (Fsp3) is 0.364. The number of carbonyl (C=O) groups is 1. The summed E-state index contributed by atoms with van der Waals surface area (Å²) in [6.07, 6.45) is 11.4. The minimum atomic E-state index is 0.113. The molecule has 0 bridgehead atoms. The Balaban J connectivity index is 2.05. The average molecular weight is 160 g/mol. The van der Waals surface area contributed by atoms with Crippen molar-refractivity contribution in [3.63, 3.8) is 0 Å². The van der Waals surface area contributed by atoms with Gasteiger partial charge in [-0.2, -0.15) is 0 Å². The molecule has 2 aliphatic carbocycles. The van der Waals surface area contributed by atoms with Crippen LogP contribution in [0.25, 0.3) is 0 Å². The van der Waals surface area contributed by atoms with Crippen LogP contribution in [-0.2, 0) is 4.79 Å². The summed E-state index contributed by atoms with van der Waals surface area (Å²) in [4.78, 5) is 10.6. The van der Waals surface area contributed by atoms with E-state index in [1.54, 1.807) is 13.0 Å². The van der Waals surface area contributed by atoms with Gasteiger partial charge in [0.05, 0.1) is 0 Å². The Labute approximate surface area is 72.5 Å². The normalized spacial score (nSPS) is 31.6. The van der Waals surface area contributed by atoms with Gasteiger partial charge in [0.15, 0.2) is 5.78 Å². The summed E-state index contributed by atoms with van der Waals surface area (Å²) in [5.41, 5.74) is 1.18. The molecule has 1 fully saturated rings. The first kappa shape index (κ1) is 7.53. The van der Waals surface area contributed by atoms with Crippen molar-refractivity contribution in [2.45, 2.75) is 13.3 Å². The molecule has 0 aliphatic heterocycles. The third kappa shape index (κ3) is 1.55. The van der Waals surface area contributed by atoms with Crippen molar-refractivity contribution in [2.75, 3.05) is 0 Å². The zero-order valence-corrected chi connectivity index (χ0v) is 7.16. The number of allylic oxidation sites excluding steroid dienone is 6. The van der Waals surface area contributed by atoms with Crippen LogP contribution < -0.4 is 0 Å². The molecule has 2 rings (SSSR count). The highest BCUT2D eigenvalue weighted by Gasteiger charge is 2.34. The van der Waals surface area contributed by atoms with E-state index in [9.17, 15) is 4.79 Å². The first-order chi connectivity index (χ1) is 5.75. The first-order valence-corrected chi connectivity index (χ1v) is 4.34. The lowest BCUT2D eigenvalue weighted by Gasteiger charge is -1.98. The second-order valence-electron chi connectivity index (χ2n) is 3.53. The molecule has 1 nitrogen and oxygen atoms in total. The third-order valence-corrected chi connectivity index (χ3v) is 2.34. The maximum absolute atomic E-state index is 10.6. The number of ketones is 1. The van der Waals surface area contributed by atoms with Gasteiger partial charge in [0, 0.05) is 0 Å². The second-order valence-corrected chi connectivity index (χ2v) is 3.53. The Morgan fingerprint density at radius 3 is 3.08 bits per heavy atom. The summed E-state index contributed by atoms with van der Waals surface area (Å²) in [5.74, 6) is 1.68. The van der Waals surface area contributed by atoms with Gasteiger partial charge in [-0.15, -0.1) is 0 Å². The van der Waals surface area contributed by atoms with Crippen LogP contribution in [0, 0.1) is 11.8 Å². The van der Waals surface area contributed by atoms with Gasteiger partial charge in [-0.3, -0.25) is 4.79 Å². The Morgan fingerprint density at radius 1 is 1.58 bits per heavy atom. The summed E-state index contributed by atoms with van der Waals surface area (Å²) < 4.78 is 0. The molecule has 1 saturated carbocycles. The minimum Gasteiger partial charge on any atom is -0.295 e. The average Bonchev–Trinajstić information content (AvgIpc) is 2.78. The van der Waals surface area contributed by atoms with Crippen molar-refractivity contribution in [3.8, 4) is 0 Å². The van der Waals surface area contributed by atoms with Crippen molar-refractivity contribution >= 4 is 5.78 Å². The van der Waals surface area contributed by atoms with Crippen LogP contribution in [0.4, 0.5) is 0 Å². The minimum absolute atomic E-state index is 0.113. The topological polar surface area (TPSA) is 17.1 Å². The molecule has 0 N–H and O–H groups in total. The van der Waals surface area contributed by atoms with Crippen molar-refractivity contribution in [2.24, 2.45) is 11.8 Å². The van der Waals surface area contributed by atoms with Crippen molar-refractivity contribution in [1.29, 1.82) is 0 Å². The predicted octanol–water partition coefficient (Wildman–Crippen LogP) is 2.26. The molecule has 2 unspecified atom stereocenters. The molecule has 0 aromatic heterocycles. The maximum Gasteiger partial charge on any atom is 0.152 e. The highest BCUT2D eigenvalue weighted by atomic mass is 16.1. The second kappa shape index (κ2) is 2.74. The smallest absolute Gasteiger partial charge is 0.152 e. The number of fused-ring (bicyclic) bond motifs is 1. The van der Waals surface area contributed by atoms with E-state index >= 15 is 0 Å². The number of rotatable bonds is 2. The molecule has 12 heavy (non-hydrogen) atoms. The van der Waals surface area contributed by atoms with E-state index in [2.05, 4.69) is 18.2 Å². The monoisotopic (exact) mass is 160 g/mol. The highest BCUT2D eigenvalue weighted by Crippen LogP contribution is 2.44. The lowest BCUT2D eigenvalue weighted by Crippen LogP contribution is -1.86. The van der Waals surface area contributed by atoms with Crippen LogP contribution in [0.2, 0.25) is 0 Å². The SMILES string of the molecule is CC(=O)/C=C/C1=CC2CC2C=C1. The van der Waals surface area contributed by atoms with Crippen LogP contribution in [0.3, 0.4) is 0 Å². The Morgan fingerprint density at radius 2 is 2.42 bits per heavy atom. The van der Waals surface area contributed by atoms with E-state index in [-0.39, 0.29) is 5.78 Å². The Hall–Kier alpha value is -1.11. The van der Waals surface area contributed by atoms with Crippen molar-refractivity contribution < 1.29 is 4.79 Å². The van der Waals surface area contributed by atoms with Crippen molar-refractivity contribution in [3.05, 3.63) is 36.0 Å². The molecule has 0 amide bonds. The molecular formula is C11H12O. The molecule has 0 saturated heterocycles. The molecular weight excluding hydrogens is 148 g/mol. The zero-order chi connectivity index (χ0) is 8.55. The van der Waals surface area contributed by atoms with Gasteiger partial charge in [-0.25, -0.2) is 0 Å². The summed E-state index contributed by atoms with van der Waals surface area (Å²) in [7, 11) is 0. The van der Waals surface area contributed by atoms with E-state index < -0.39 is 0 Å². The number of hydrogen-bond acceptors (Lipinski definition) is 1. The Kier molecular flexibility index (Phi) is 1.72. The quantitative estimate of drug-likeness (QED) is 0.566. The molecule has 2 aliphatic rings. The fourth-order valence-corrected chi connectivity index (χ4v) is 1.51. The van der Waals surface area contributed by atoms with Gasteiger partial charge in [0.1, 0.15) is 0 Å². The van der Waals surface area contributed by atoms with E-state index in [0.717, 1.165) is 11.8 Å².